The largest absolute Gasteiger partial charge is 0.444 e. The van der Waals surface area contributed by atoms with Crippen LogP contribution in [0.5, 0.6) is 0 Å². The van der Waals surface area contributed by atoms with Gasteiger partial charge in [-0.05, 0) is 36.4 Å². The number of hydrogen-bond acceptors (Lipinski definition) is 4. The fraction of sp³-hybridized carbons (Fsp3) is 0.105. The Hall–Kier alpha value is -3.12. The first-order valence-electron chi connectivity index (χ1n) is 7.93. The van der Waals surface area contributed by atoms with Crippen molar-refractivity contribution in [1.29, 1.82) is 0 Å². The number of hydrogen-bond donors (Lipinski definition) is 0. The van der Waals surface area contributed by atoms with Crippen LogP contribution >= 0.6 is 11.6 Å². The molecule has 2 aromatic carbocycles. The van der Waals surface area contributed by atoms with E-state index >= 15 is 0 Å². The summed E-state index contributed by atoms with van der Waals surface area (Å²) in [5, 5.41) is 1.11. The van der Waals surface area contributed by atoms with Gasteiger partial charge in [0.1, 0.15) is 6.26 Å². The van der Waals surface area contributed by atoms with E-state index in [2.05, 4.69) is 4.98 Å². The summed E-state index contributed by atoms with van der Waals surface area (Å²) in [4.78, 5) is 29.3. The topological polar surface area (TPSA) is 70.0 Å². The van der Waals surface area contributed by atoms with Crippen LogP contribution in [0, 0.1) is 0 Å². The first-order chi connectivity index (χ1) is 12.5. The van der Waals surface area contributed by atoms with Crippen molar-refractivity contribution in [2.24, 2.45) is 7.05 Å². The fourth-order valence-corrected chi connectivity index (χ4v) is 2.99. The van der Waals surface area contributed by atoms with Crippen molar-refractivity contribution in [2.45, 2.75) is 6.54 Å². The lowest BCUT2D eigenvalue weighted by atomic mass is 10.2. The first kappa shape index (κ1) is 16.4. The lowest BCUT2D eigenvalue weighted by Gasteiger charge is -2.10. The minimum Gasteiger partial charge on any atom is -0.444 e. The Labute approximate surface area is 152 Å². The molecule has 0 aliphatic carbocycles. The zero-order chi connectivity index (χ0) is 18.3. The van der Waals surface area contributed by atoms with Crippen molar-refractivity contribution < 1.29 is 4.42 Å². The molecule has 130 valence electrons. The van der Waals surface area contributed by atoms with Gasteiger partial charge in [0, 0.05) is 17.6 Å². The SMILES string of the molecule is Cn1c(=O)c2ccccc2n(Cc2coc(-c3ccc(Cl)cc3)n2)c1=O. The molecule has 4 rings (SSSR count). The highest BCUT2D eigenvalue weighted by Gasteiger charge is 2.13. The maximum atomic E-state index is 12.6. The number of oxazole rings is 1. The third kappa shape index (κ3) is 2.74. The first-order valence-corrected chi connectivity index (χ1v) is 8.31. The van der Waals surface area contributed by atoms with Crippen LogP contribution in [0.2, 0.25) is 5.02 Å². The number of aromatic nitrogens is 3. The smallest absolute Gasteiger partial charge is 0.331 e. The van der Waals surface area contributed by atoms with Crippen LogP contribution in [0.15, 0.2) is 68.8 Å². The molecular formula is C19H14ClN3O3. The van der Waals surface area contributed by atoms with E-state index in [9.17, 15) is 9.59 Å². The van der Waals surface area contributed by atoms with E-state index in [1.54, 1.807) is 36.4 Å². The Morgan fingerprint density at radius 1 is 1.08 bits per heavy atom. The van der Waals surface area contributed by atoms with E-state index < -0.39 is 5.69 Å². The molecule has 0 N–H and O–H groups in total. The van der Waals surface area contributed by atoms with Crippen LogP contribution in [-0.2, 0) is 13.6 Å². The van der Waals surface area contributed by atoms with Crippen molar-refractivity contribution >= 4 is 22.5 Å². The zero-order valence-corrected chi connectivity index (χ0v) is 14.6. The average Bonchev–Trinajstić information content (AvgIpc) is 3.13. The molecule has 2 aromatic heterocycles. The van der Waals surface area contributed by atoms with Gasteiger partial charge in [-0.3, -0.25) is 13.9 Å². The van der Waals surface area contributed by atoms with Gasteiger partial charge >= 0.3 is 5.69 Å². The van der Waals surface area contributed by atoms with Gasteiger partial charge in [-0.25, -0.2) is 9.78 Å². The van der Waals surface area contributed by atoms with Crippen molar-refractivity contribution in [2.75, 3.05) is 0 Å². The monoisotopic (exact) mass is 367 g/mol. The summed E-state index contributed by atoms with van der Waals surface area (Å²) < 4.78 is 8.14. The van der Waals surface area contributed by atoms with Gasteiger partial charge in [-0.1, -0.05) is 23.7 Å². The van der Waals surface area contributed by atoms with Crippen LogP contribution < -0.4 is 11.2 Å². The van der Waals surface area contributed by atoms with E-state index in [-0.39, 0.29) is 12.1 Å². The number of para-hydroxylation sites is 1. The molecule has 6 nitrogen and oxygen atoms in total. The van der Waals surface area contributed by atoms with Crippen molar-refractivity contribution in [1.82, 2.24) is 14.1 Å². The molecule has 0 amide bonds. The summed E-state index contributed by atoms with van der Waals surface area (Å²) >= 11 is 5.90. The zero-order valence-electron chi connectivity index (χ0n) is 13.8. The van der Waals surface area contributed by atoms with E-state index in [0.29, 0.717) is 27.5 Å². The van der Waals surface area contributed by atoms with Crippen LogP contribution in [0.4, 0.5) is 0 Å². The summed E-state index contributed by atoms with van der Waals surface area (Å²) in [6.45, 7) is 0.199. The van der Waals surface area contributed by atoms with E-state index in [0.717, 1.165) is 10.1 Å². The Bertz CT molecular complexity index is 1220. The molecule has 0 saturated heterocycles. The molecule has 4 aromatic rings. The van der Waals surface area contributed by atoms with Gasteiger partial charge in [0.15, 0.2) is 0 Å². The number of halogens is 1. The lowest BCUT2D eigenvalue weighted by molar-refractivity contribution is 0.570. The maximum absolute atomic E-state index is 12.6. The summed E-state index contributed by atoms with van der Waals surface area (Å²) in [6.07, 6.45) is 1.51. The number of benzene rings is 2. The van der Waals surface area contributed by atoms with Crippen LogP contribution in [0.1, 0.15) is 5.69 Å². The minimum atomic E-state index is -0.398. The molecule has 0 atom stereocenters. The second-order valence-electron chi connectivity index (χ2n) is 5.90. The predicted octanol–water partition coefficient (Wildman–Crippen LogP) is 3.06. The Morgan fingerprint density at radius 3 is 2.58 bits per heavy atom. The number of rotatable bonds is 3. The summed E-state index contributed by atoms with van der Waals surface area (Å²) in [7, 11) is 1.47. The fourth-order valence-electron chi connectivity index (χ4n) is 2.86. The highest BCUT2D eigenvalue weighted by Crippen LogP contribution is 2.21. The van der Waals surface area contributed by atoms with Crippen molar-refractivity contribution in [3.63, 3.8) is 0 Å². The molecule has 0 aliphatic heterocycles. The van der Waals surface area contributed by atoms with Gasteiger partial charge < -0.3 is 4.42 Å². The Balaban J connectivity index is 1.78. The highest BCUT2D eigenvalue weighted by atomic mass is 35.5. The van der Waals surface area contributed by atoms with Gasteiger partial charge in [0.25, 0.3) is 5.56 Å². The van der Waals surface area contributed by atoms with Crippen molar-refractivity contribution in [3.05, 3.63) is 86.3 Å². The molecule has 0 spiro atoms. The van der Waals surface area contributed by atoms with E-state index in [1.807, 2.05) is 12.1 Å². The second-order valence-corrected chi connectivity index (χ2v) is 6.34. The molecular weight excluding hydrogens is 354 g/mol. The second kappa shape index (κ2) is 6.31. The molecule has 0 saturated carbocycles. The molecule has 2 heterocycles. The minimum absolute atomic E-state index is 0.199. The van der Waals surface area contributed by atoms with E-state index in [1.165, 1.54) is 17.9 Å². The quantitative estimate of drug-likeness (QED) is 0.558. The van der Waals surface area contributed by atoms with E-state index in [4.69, 9.17) is 16.0 Å². The molecule has 7 heteroatoms. The predicted molar refractivity (Wildman–Crippen MR) is 99.5 cm³/mol. The van der Waals surface area contributed by atoms with Crippen LogP contribution in [-0.4, -0.2) is 14.1 Å². The van der Waals surface area contributed by atoms with Gasteiger partial charge in [0.2, 0.25) is 5.89 Å². The Morgan fingerprint density at radius 2 is 1.81 bits per heavy atom. The third-order valence-electron chi connectivity index (χ3n) is 4.21. The van der Waals surface area contributed by atoms with Gasteiger partial charge in [-0.2, -0.15) is 0 Å². The molecule has 0 radical (unpaired) electrons. The summed E-state index contributed by atoms with van der Waals surface area (Å²) in [6, 6.07) is 14.1. The third-order valence-corrected chi connectivity index (χ3v) is 4.46. The van der Waals surface area contributed by atoms with Crippen LogP contribution in [0.3, 0.4) is 0 Å². The average molecular weight is 368 g/mol. The van der Waals surface area contributed by atoms with Crippen molar-refractivity contribution in [3.8, 4) is 11.5 Å². The molecule has 0 fully saturated rings. The Kier molecular flexibility index (Phi) is 3.97. The molecule has 26 heavy (non-hydrogen) atoms. The molecule has 0 bridgehead atoms. The number of nitrogens with zero attached hydrogens (tertiary/aromatic N) is 3. The molecule has 0 aliphatic rings. The standard InChI is InChI=1S/C19H14ClN3O3/c1-22-18(24)15-4-2-3-5-16(15)23(19(22)25)10-14-11-26-17(21-14)12-6-8-13(20)9-7-12/h2-9,11H,10H2,1H3. The summed E-state index contributed by atoms with van der Waals surface area (Å²) in [5.74, 6) is 0.443. The summed E-state index contributed by atoms with van der Waals surface area (Å²) in [5.41, 5.74) is 1.23. The number of fused-ring (bicyclic) bond motifs is 1. The normalized spacial score (nSPS) is 11.2. The highest BCUT2D eigenvalue weighted by molar-refractivity contribution is 6.30. The van der Waals surface area contributed by atoms with Crippen LogP contribution in [0.25, 0.3) is 22.4 Å². The maximum Gasteiger partial charge on any atom is 0.331 e. The lowest BCUT2D eigenvalue weighted by Crippen LogP contribution is -2.38. The molecule has 0 unspecified atom stereocenters. The van der Waals surface area contributed by atoms with Gasteiger partial charge in [0.05, 0.1) is 23.1 Å². The van der Waals surface area contributed by atoms with Gasteiger partial charge in [-0.15, -0.1) is 0 Å².